The highest BCUT2D eigenvalue weighted by atomic mass is 16.3. The Kier molecular flexibility index (Phi) is 3.93. The van der Waals surface area contributed by atoms with E-state index in [2.05, 4.69) is 10.3 Å². The molecule has 3 rings (SSSR count). The number of anilines is 2. The number of primary amides is 1. The average Bonchev–Trinajstić information content (AvgIpc) is 2.55. The summed E-state index contributed by atoms with van der Waals surface area (Å²) in [6, 6.07) is 15.8. The third-order valence-electron chi connectivity index (χ3n) is 3.35. The lowest BCUT2D eigenvalue weighted by atomic mass is 10.0. The summed E-state index contributed by atoms with van der Waals surface area (Å²) in [7, 11) is 0. The van der Waals surface area contributed by atoms with Crippen molar-refractivity contribution in [2.45, 2.75) is 0 Å². The van der Waals surface area contributed by atoms with E-state index >= 15 is 0 Å². The number of nitrogens with one attached hydrogen (secondary N) is 1. The first-order chi connectivity index (χ1) is 11.1. The lowest BCUT2D eigenvalue weighted by Crippen LogP contribution is -2.10. The van der Waals surface area contributed by atoms with Gasteiger partial charge in [-0.2, -0.15) is 0 Å². The Morgan fingerprint density at radius 3 is 2.57 bits per heavy atom. The number of hydrogen-bond acceptors (Lipinski definition) is 4. The molecule has 1 aromatic heterocycles. The highest BCUT2D eigenvalue weighted by molar-refractivity contribution is 5.94. The van der Waals surface area contributed by atoms with Gasteiger partial charge in [-0.3, -0.25) is 9.78 Å². The van der Waals surface area contributed by atoms with Crippen LogP contribution in [-0.4, -0.2) is 16.0 Å². The molecular weight excluding hydrogens is 290 g/mol. The van der Waals surface area contributed by atoms with E-state index in [-0.39, 0.29) is 5.75 Å². The van der Waals surface area contributed by atoms with Gasteiger partial charge in [-0.25, -0.2) is 0 Å². The van der Waals surface area contributed by atoms with Gasteiger partial charge in [0.25, 0.3) is 0 Å². The molecule has 2 aromatic carbocycles. The molecule has 0 saturated carbocycles. The Bertz CT molecular complexity index is 862. The number of phenolic OH excluding ortho intramolecular Hbond substituents is 1. The molecule has 0 radical (unpaired) electrons. The maximum Gasteiger partial charge on any atom is 0.248 e. The number of benzene rings is 2. The summed E-state index contributed by atoms with van der Waals surface area (Å²) in [6.07, 6.45) is 3.40. The predicted octanol–water partition coefficient (Wildman–Crippen LogP) is 3.30. The first-order valence-electron chi connectivity index (χ1n) is 7.03. The summed E-state index contributed by atoms with van der Waals surface area (Å²) >= 11 is 0. The minimum atomic E-state index is -0.464. The molecule has 0 fully saturated rings. The number of rotatable bonds is 4. The number of phenols is 1. The van der Waals surface area contributed by atoms with Gasteiger partial charge in [0, 0.05) is 29.1 Å². The number of aromatic nitrogens is 1. The van der Waals surface area contributed by atoms with Crippen molar-refractivity contribution in [1.29, 1.82) is 0 Å². The Hall–Kier alpha value is -3.34. The SMILES string of the molecule is NC(=O)c1cccc(-c2cncc(Nc3cccc(O)c3)c2)c1. The highest BCUT2D eigenvalue weighted by Crippen LogP contribution is 2.25. The summed E-state index contributed by atoms with van der Waals surface area (Å²) in [4.78, 5) is 15.5. The fourth-order valence-electron chi connectivity index (χ4n) is 2.27. The van der Waals surface area contributed by atoms with Gasteiger partial charge in [0.05, 0.1) is 11.9 Å². The molecule has 114 valence electrons. The zero-order valence-electron chi connectivity index (χ0n) is 12.2. The molecule has 5 heteroatoms. The maximum atomic E-state index is 11.3. The molecule has 0 spiro atoms. The number of nitrogens with two attached hydrogens (primary N) is 1. The topological polar surface area (TPSA) is 88.2 Å². The number of hydrogen-bond donors (Lipinski definition) is 3. The van der Waals surface area contributed by atoms with Crippen molar-refractivity contribution in [2.75, 3.05) is 5.32 Å². The molecule has 3 aromatic rings. The summed E-state index contributed by atoms with van der Waals surface area (Å²) in [5, 5.41) is 12.7. The van der Waals surface area contributed by atoms with Crippen LogP contribution in [0.2, 0.25) is 0 Å². The summed E-state index contributed by atoms with van der Waals surface area (Å²) in [6.45, 7) is 0. The van der Waals surface area contributed by atoms with Crippen molar-refractivity contribution in [2.24, 2.45) is 5.73 Å². The van der Waals surface area contributed by atoms with Crippen molar-refractivity contribution in [3.63, 3.8) is 0 Å². The number of carbonyl (C=O) groups is 1. The molecule has 1 heterocycles. The molecule has 0 bridgehead atoms. The second-order valence-electron chi connectivity index (χ2n) is 5.08. The number of pyridine rings is 1. The van der Waals surface area contributed by atoms with Crippen LogP contribution in [0.4, 0.5) is 11.4 Å². The van der Waals surface area contributed by atoms with Crippen LogP contribution in [0, 0.1) is 0 Å². The number of carbonyl (C=O) groups excluding carboxylic acids is 1. The molecule has 23 heavy (non-hydrogen) atoms. The minimum absolute atomic E-state index is 0.188. The highest BCUT2D eigenvalue weighted by Gasteiger charge is 2.05. The van der Waals surface area contributed by atoms with Crippen LogP contribution in [0.15, 0.2) is 67.0 Å². The van der Waals surface area contributed by atoms with Crippen LogP contribution >= 0.6 is 0 Å². The second-order valence-corrected chi connectivity index (χ2v) is 5.08. The Morgan fingerprint density at radius 1 is 0.957 bits per heavy atom. The van der Waals surface area contributed by atoms with Crippen molar-refractivity contribution in [3.8, 4) is 16.9 Å². The summed E-state index contributed by atoms with van der Waals surface area (Å²) < 4.78 is 0. The monoisotopic (exact) mass is 305 g/mol. The van der Waals surface area contributed by atoms with Gasteiger partial charge in [0.15, 0.2) is 0 Å². The fourth-order valence-corrected chi connectivity index (χ4v) is 2.27. The molecule has 5 nitrogen and oxygen atoms in total. The van der Waals surface area contributed by atoms with E-state index in [1.54, 1.807) is 48.8 Å². The largest absolute Gasteiger partial charge is 0.508 e. The van der Waals surface area contributed by atoms with Crippen LogP contribution < -0.4 is 11.1 Å². The Labute approximate surface area is 133 Å². The van der Waals surface area contributed by atoms with E-state index < -0.39 is 5.91 Å². The first kappa shape index (κ1) is 14.6. The van der Waals surface area contributed by atoms with E-state index in [4.69, 9.17) is 5.73 Å². The molecule has 0 saturated heterocycles. The van der Waals surface area contributed by atoms with Crippen LogP contribution in [0.5, 0.6) is 5.75 Å². The first-order valence-corrected chi connectivity index (χ1v) is 7.03. The molecule has 0 unspecified atom stereocenters. The number of nitrogens with zero attached hydrogens (tertiary/aromatic N) is 1. The molecule has 0 atom stereocenters. The van der Waals surface area contributed by atoms with E-state index in [1.807, 2.05) is 18.2 Å². The smallest absolute Gasteiger partial charge is 0.248 e. The Balaban J connectivity index is 1.91. The van der Waals surface area contributed by atoms with Gasteiger partial charge in [-0.15, -0.1) is 0 Å². The molecule has 0 aliphatic heterocycles. The van der Waals surface area contributed by atoms with Crippen LogP contribution in [-0.2, 0) is 0 Å². The van der Waals surface area contributed by atoms with E-state index in [0.717, 1.165) is 22.5 Å². The standard InChI is InChI=1S/C18H15N3O2/c19-18(23)13-4-1-3-12(7-13)14-8-16(11-20-10-14)21-15-5-2-6-17(22)9-15/h1-11,21-22H,(H2,19,23). The summed E-state index contributed by atoms with van der Waals surface area (Å²) in [5.41, 5.74) is 9.02. The van der Waals surface area contributed by atoms with Gasteiger partial charge < -0.3 is 16.2 Å². The van der Waals surface area contributed by atoms with Gasteiger partial charge in [-0.1, -0.05) is 18.2 Å². The van der Waals surface area contributed by atoms with E-state index in [9.17, 15) is 9.90 Å². The van der Waals surface area contributed by atoms with E-state index in [0.29, 0.717) is 5.56 Å². The fraction of sp³-hybridized carbons (Fsp3) is 0. The van der Waals surface area contributed by atoms with Gasteiger partial charge in [0.2, 0.25) is 5.91 Å². The molecule has 1 amide bonds. The number of amides is 1. The molecule has 4 N–H and O–H groups in total. The third kappa shape index (κ3) is 3.47. The van der Waals surface area contributed by atoms with Crippen molar-refractivity contribution < 1.29 is 9.90 Å². The van der Waals surface area contributed by atoms with E-state index in [1.165, 1.54) is 0 Å². The van der Waals surface area contributed by atoms with Gasteiger partial charge in [0.1, 0.15) is 5.75 Å². The van der Waals surface area contributed by atoms with Crippen LogP contribution in [0.25, 0.3) is 11.1 Å². The normalized spacial score (nSPS) is 10.3. The minimum Gasteiger partial charge on any atom is -0.508 e. The predicted molar refractivity (Wildman–Crippen MR) is 89.6 cm³/mol. The Morgan fingerprint density at radius 2 is 1.78 bits per heavy atom. The number of aromatic hydroxyl groups is 1. The molecule has 0 aliphatic rings. The second kappa shape index (κ2) is 6.19. The van der Waals surface area contributed by atoms with Crippen molar-refractivity contribution in [3.05, 3.63) is 72.6 Å². The molecular formula is C18H15N3O2. The third-order valence-corrected chi connectivity index (χ3v) is 3.35. The zero-order chi connectivity index (χ0) is 16.2. The van der Waals surface area contributed by atoms with Crippen LogP contribution in [0.1, 0.15) is 10.4 Å². The van der Waals surface area contributed by atoms with Crippen molar-refractivity contribution in [1.82, 2.24) is 4.98 Å². The van der Waals surface area contributed by atoms with Gasteiger partial charge >= 0.3 is 0 Å². The van der Waals surface area contributed by atoms with Gasteiger partial charge in [-0.05, 0) is 35.9 Å². The van der Waals surface area contributed by atoms with Crippen LogP contribution in [0.3, 0.4) is 0 Å². The summed E-state index contributed by atoms with van der Waals surface area (Å²) in [5.74, 6) is -0.276. The maximum absolute atomic E-state index is 11.3. The lowest BCUT2D eigenvalue weighted by molar-refractivity contribution is 0.100. The van der Waals surface area contributed by atoms with Crippen molar-refractivity contribution >= 4 is 17.3 Å². The quantitative estimate of drug-likeness (QED) is 0.690. The average molecular weight is 305 g/mol. The zero-order valence-corrected chi connectivity index (χ0v) is 12.2. The lowest BCUT2D eigenvalue weighted by Gasteiger charge is -2.09. The molecule has 0 aliphatic carbocycles.